The van der Waals surface area contributed by atoms with E-state index in [0.717, 1.165) is 12.8 Å². The molecule has 1 atom stereocenters. The van der Waals surface area contributed by atoms with E-state index in [1.807, 2.05) is 24.3 Å². The highest BCUT2D eigenvalue weighted by molar-refractivity contribution is 5.84. The van der Waals surface area contributed by atoms with Gasteiger partial charge in [0.05, 0.1) is 0 Å². The molecule has 1 saturated carbocycles. The lowest BCUT2D eigenvalue weighted by Gasteiger charge is -2.35. The van der Waals surface area contributed by atoms with Gasteiger partial charge in [0.1, 0.15) is 0 Å². The van der Waals surface area contributed by atoms with Crippen molar-refractivity contribution in [3.05, 3.63) is 71.8 Å². The summed E-state index contributed by atoms with van der Waals surface area (Å²) in [6.07, 6.45) is 2.36. The Labute approximate surface area is 141 Å². The third-order valence-corrected chi connectivity index (χ3v) is 4.67. The molecule has 0 spiro atoms. The Bertz CT molecular complexity index is 693. The molecule has 0 saturated heterocycles. The molecule has 4 heteroatoms. The number of hydrogen-bond acceptors (Lipinski definition) is 2. The molecule has 2 N–H and O–H groups in total. The van der Waals surface area contributed by atoms with Gasteiger partial charge in [-0.25, -0.2) is 4.79 Å². The van der Waals surface area contributed by atoms with Crippen LogP contribution in [0, 0.1) is 5.92 Å². The Hall–Kier alpha value is -2.62. The molecule has 4 nitrogen and oxygen atoms in total. The van der Waals surface area contributed by atoms with Crippen LogP contribution in [0.2, 0.25) is 0 Å². The van der Waals surface area contributed by atoms with Crippen molar-refractivity contribution < 1.29 is 14.7 Å². The molecule has 0 aliphatic heterocycles. The van der Waals surface area contributed by atoms with Crippen molar-refractivity contribution in [1.29, 1.82) is 0 Å². The molecule has 0 radical (unpaired) electrons. The van der Waals surface area contributed by atoms with Crippen LogP contribution >= 0.6 is 0 Å². The number of benzene rings is 2. The van der Waals surface area contributed by atoms with Gasteiger partial charge in [-0.2, -0.15) is 0 Å². The summed E-state index contributed by atoms with van der Waals surface area (Å²) in [7, 11) is 0. The molecule has 1 fully saturated rings. The van der Waals surface area contributed by atoms with Crippen molar-refractivity contribution in [2.45, 2.75) is 31.2 Å². The third-order valence-electron chi connectivity index (χ3n) is 4.67. The normalized spacial score (nSPS) is 20.7. The molecule has 0 heterocycles. The first kappa shape index (κ1) is 16.2. The molecule has 124 valence electrons. The first-order chi connectivity index (χ1) is 11.6. The van der Waals surface area contributed by atoms with Gasteiger partial charge in [-0.05, 0) is 35.8 Å². The quantitative estimate of drug-likeness (QED) is 0.855. The van der Waals surface area contributed by atoms with E-state index < -0.39 is 12.0 Å². The minimum atomic E-state index is -1.04. The van der Waals surface area contributed by atoms with Crippen LogP contribution in [0.15, 0.2) is 60.7 Å². The molecule has 0 unspecified atom stereocenters. The third kappa shape index (κ3) is 3.82. The highest BCUT2D eigenvalue weighted by atomic mass is 16.4. The van der Waals surface area contributed by atoms with Crippen molar-refractivity contribution in [3.8, 4) is 0 Å². The number of carbonyl (C=O) groups is 2. The number of rotatable bonds is 6. The van der Waals surface area contributed by atoms with Gasteiger partial charge < -0.3 is 10.4 Å². The SMILES string of the molecule is O=C(CC1CC(c2ccccc2)C1)N[C@H](C(=O)O)c1ccccc1. The molecule has 1 amide bonds. The topological polar surface area (TPSA) is 66.4 Å². The fourth-order valence-corrected chi connectivity index (χ4v) is 3.31. The van der Waals surface area contributed by atoms with Gasteiger partial charge in [0, 0.05) is 6.42 Å². The highest BCUT2D eigenvalue weighted by Crippen LogP contribution is 2.43. The average molecular weight is 323 g/mol. The molecule has 1 aliphatic carbocycles. The zero-order valence-corrected chi connectivity index (χ0v) is 13.4. The Morgan fingerprint density at radius 2 is 1.58 bits per heavy atom. The minimum absolute atomic E-state index is 0.192. The van der Waals surface area contributed by atoms with E-state index in [4.69, 9.17) is 0 Å². The molecular formula is C20H21NO3. The van der Waals surface area contributed by atoms with Gasteiger partial charge in [-0.15, -0.1) is 0 Å². The van der Waals surface area contributed by atoms with E-state index in [1.165, 1.54) is 5.56 Å². The summed E-state index contributed by atoms with van der Waals surface area (Å²) < 4.78 is 0. The monoisotopic (exact) mass is 323 g/mol. The van der Waals surface area contributed by atoms with E-state index in [-0.39, 0.29) is 5.91 Å². The maximum atomic E-state index is 12.2. The lowest BCUT2D eigenvalue weighted by atomic mass is 9.70. The Balaban J connectivity index is 1.52. The molecule has 3 rings (SSSR count). The summed E-state index contributed by atoms with van der Waals surface area (Å²) in [5, 5.41) is 12.0. The Morgan fingerprint density at radius 1 is 1.00 bits per heavy atom. The van der Waals surface area contributed by atoms with Crippen molar-refractivity contribution in [2.24, 2.45) is 5.92 Å². The standard InChI is InChI=1S/C20H21NO3/c22-18(21-19(20(23)24)16-9-5-2-6-10-16)13-14-11-17(12-14)15-7-3-1-4-8-15/h1-10,14,17,19H,11-13H2,(H,21,22)(H,23,24)/t14?,17?,19-/m0/s1. The summed E-state index contributed by atoms with van der Waals surface area (Å²) in [5.74, 6) is -0.373. The zero-order valence-electron chi connectivity index (χ0n) is 13.4. The highest BCUT2D eigenvalue weighted by Gasteiger charge is 2.32. The van der Waals surface area contributed by atoms with Crippen LogP contribution < -0.4 is 5.32 Å². The fourth-order valence-electron chi connectivity index (χ4n) is 3.31. The number of aliphatic carboxylic acids is 1. The Kier molecular flexibility index (Phi) is 4.94. The molecule has 0 bridgehead atoms. The van der Waals surface area contributed by atoms with Gasteiger partial charge in [-0.3, -0.25) is 4.79 Å². The van der Waals surface area contributed by atoms with E-state index in [1.54, 1.807) is 24.3 Å². The second-order valence-electron chi connectivity index (χ2n) is 6.40. The number of carbonyl (C=O) groups excluding carboxylic acids is 1. The van der Waals surface area contributed by atoms with E-state index in [2.05, 4.69) is 17.4 Å². The van der Waals surface area contributed by atoms with Gasteiger partial charge in [0.15, 0.2) is 6.04 Å². The first-order valence-electron chi connectivity index (χ1n) is 8.25. The number of hydrogen-bond donors (Lipinski definition) is 2. The summed E-state index contributed by atoms with van der Waals surface area (Å²) >= 11 is 0. The summed E-state index contributed by atoms with van der Waals surface area (Å²) in [6.45, 7) is 0. The van der Waals surface area contributed by atoms with E-state index >= 15 is 0 Å². The summed E-state index contributed by atoms with van der Waals surface area (Å²) in [6, 6.07) is 18.1. The lowest BCUT2D eigenvalue weighted by molar-refractivity contribution is -0.142. The predicted octanol–water partition coefficient (Wildman–Crippen LogP) is 3.51. The first-order valence-corrected chi connectivity index (χ1v) is 8.25. The smallest absolute Gasteiger partial charge is 0.330 e. The second kappa shape index (κ2) is 7.30. The van der Waals surface area contributed by atoms with Crippen molar-refractivity contribution in [2.75, 3.05) is 0 Å². The summed E-state index contributed by atoms with van der Waals surface area (Å²) in [4.78, 5) is 23.6. The average Bonchev–Trinajstić information content (AvgIpc) is 2.57. The van der Waals surface area contributed by atoms with Crippen LogP contribution in [-0.2, 0) is 9.59 Å². The van der Waals surface area contributed by atoms with Crippen LogP contribution in [0.25, 0.3) is 0 Å². The molecule has 0 aromatic heterocycles. The number of carboxylic acid groups (broad SMARTS) is 1. The van der Waals surface area contributed by atoms with Crippen LogP contribution in [0.5, 0.6) is 0 Å². The largest absolute Gasteiger partial charge is 0.479 e. The van der Waals surface area contributed by atoms with E-state index in [0.29, 0.717) is 23.8 Å². The zero-order chi connectivity index (χ0) is 16.9. The van der Waals surface area contributed by atoms with Crippen molar-refractivity contribution in [1.82, 2.24) is 5.32 Å². The lowest BCUT2D eigenvalue weighted by Crippen LogP contribution is -2.36. The predicted molar refractivity (Wildman–Crippen MR) is 91.5 cm³/mol. The van der Waals surface area contributed by atoms with Gasteiger partial charge >= 0.3 is 5.97 Å². The van der Waals surface area contributed by atoms with Crippen LogP contribution in [0.1, 0.15) is 42.3 Å². The van der Waals surface area contributed by atoms with Crippen LogP contribution in [0.4, 0.5) is 0 Å². The number of nitrogens with one attached hydrogen (secondary N) is 1. The number of amides is 1. The molecule has 24 heavy (non-hydrogen) atoms. The Morgan fingerprint density at radius 3 is 2.17 bits per heavy atom. The van der Waals surface area contributed by atoms with Crippen molar-refractivity contribution >= 4 is 11.9 Å². The fraction of sp³-hybridized carbons (Fsp3) is 0.300. The van der Waals surface area contributed by atoms with Crippen molar-refractivity contribution in [3.63, 3.8) is 0 Å². The maximum Gasteiger partial charge on any atom is 0.330 e. The van der Waals surface area contributed by atoms with Gasteiger partial charge in [0.25, 0.3) is 0 Å². The molecule has 1 aliphatic rings. The molecular weight excluding hydrogens is 302 g/mol. The maximum absolute atomic E-state index is 12.2. The number of carboxylic acids is 1. The van der Waals surface area contributed by atoms with Crippen LogP contribution in [0.3, 0.4) is 0 Å². The molecule has 2 aromatic rings. The summed E-state index contributed by atoms with van der Waals surface area (Å²) in [5.41, 5.74) is 1.91. The van der Waals surface area contributed by atoms with Crippen LogP contribution in [-0.4, -0.2) is 17.0 Å². The second-order valence-corrected chi connectivity index (χ2v) is 6.40. The minimum Gasteiger partial charge on any atom is -0.479 e. The van der Waals surface area contributed by atoms with Gasteiger partial charge in [-0.1, -0.05) is 60.7 Å². The van der Waals surface area contributed by atoms with E-state index in [9.17, 15) is 14.7 Å². The molecule has 2 aromatic carbocycles. The van der Waals surface area contributed by atoms with Gasteiger partial charge in [0.2, 0.25) is 5.91 Å².